The molecule has 1 aliphatic heterocycles. The fraction of sp³-hybridized carbons (Fsp3) is 0.591. The summed E-state index contributed by atoms with van der Waals surface area (Å²) in [7, 11) is 0. The lowest BCUT2D eigenvalue weighted by molar-refractivity contribution is -0.302. The van der Waals surface area contributed by atoms with E-state index in [1.54, 1.807) is 18.2 Å². The van der Waals surface area contributed by atoms with Crippen LogP contribution in [0.3, 0.4) is 0 Å². The van der Waals surface area contributed by atoms with E-state index in [1.165, 1.54) is 11.3 Å². The highest BCUT2D eigenvalue weighted by Gasteiger charge is 2.50. The molecule has 2 fully saturated rings. The molecule has 0 radical (unpaired) electrons. The molecule has 1 saturated carbocycles. The number of fused-ring (bicyclic) bond motifs is 1. The van der Waals surface area contributed by atoms with E-state index in [2.05, 4.69) is 5.32 Å². The van der Waals surface area contributed by atoms with Crippen molar-refractivity contribution in [1.29, 1.82) is 0 Å². The van der Waals surface area contributed by atoms with Crippen LogP contribution in [0.4, 0.5) is 0 Å². The van der Waals surface area contributed by atoms with E-state index in [9.17, 15) is 40.5 Å². The van der Waals surface area contributed by atoms with Crippen molar-refractivity contribution in [2.45, 2.75) is 67.4 Å². The Hall–Kier alpha value is -1.71. The van der Waals surface area contributed by atoms with Gasteiger partial charge in [0, 0.05) is 23.1 Å². The largest absolute Gasteiger partial charge is 0.394 e. The quantitative estimate of drug-likeness (QED) is 0.222. The Labute approximate surface area is 198 Å². The fourth-order valence-corrected chi connectivity index (χ4v) is 5.28. The number of benzene rings is 1. The number of carbonyl (C=O) groups is 1. The van der Waals surface area contributed by atoms with Gasteiger partial charge in [0.25, 0.3) is 5.91 Å². The Morgan fingerprint density at radius 2 is 1.88 bits per heavy atom. The number of amides is 1. The van der Waals surface area contributed by atoms with Crippen LogP contribution in [-0.2, 0) is 9.47 Å². The number of rotatable bonds is 6. The SMILES string of the molecule is O=C(N[C@H]1[C@@H](O[C@@H]2C[C@](O)(CO)C[C@@H](O)[C@H]2O)O[C@H](CO)[C@@H](O)[C@@H]1O)c1ccc2ccsc2c1. The molecule has 8 N–H and O–H groups in total. The van der Waals surface area contributed by atoms with Gasteiger partial charge >= 0.3 is 0 Å². The minimum absolute atomic E-state index is 0.264. The highest BCUT2D eigenvalue weighted by atomic mass is 32.1. The summed E-state index contributed by atoms with van der Waals surface area (Å²) in [6.45, 7) is -1.35. The van der Waals surface area contributed by atoms with Crippen LogP contribution in [0, 0.1) is 0 Å². The summed E-state index contributed by atoms with van der Waals surface area (Å²) < 4.78 is 12.2. The summed E-state index contributed by atoms with van der Waals surface area (Å²) >= 11 is 1.45. The van der Waals surface area contributed by atoms with Gasteiger partial charge in [0.05, 0.1) is 31.0 Å². The minimum Gasteiger partial charge on any atom is -0.394 e. The highest BCUT2D eigenvalue weighted by Crippen LogP contribution is 2.33. The molecule has 11 nitrogen and oxygen atoms in total. The van der Waals surface area contributed by atoms with Gasteiger partial charge in [0.15, 0.2) is 6.29 Å². The van der Waals surface area contributed by atoms with Crippen LogP contribution in [0.5, 0.6) is 0 Å². The summed E-state index contributed by atoms with van der Waals surface area (Å²) in [5.41, 5.74) is -1.43. The maximum absolute atomic E-state index is 13.0. The second-order valence-corrected chi connectivity index (χ2v) is 9.85. The Balaban J connectivity index is 1.56. The van der Waals surface area contributed by atoms with E-state index in [0.29, 0.717) is 5.56 Å². The van der Waals surface area contributed by atoms with E-state index in [1.807, 2.05) is 11.4 Å². The van der Waals surface area contributed by atoms with Gasteiger partial charge in [-0.15, -0.1) is 11.3 Å². The molecule has 0 spiro atoms. The topological polar surface area (TPSA) is 189 Å². The average molecular weight is 500 g/mol. The third-order valence-corrected chi connectivity index (χ3v) is 7.33. The smallest absolute Gasteiger partial charge is 0.251 e. The van der Waals surface area contributed by atoms with Crippen LogP contribution >= 0.6 is 11.3 Å². The van der Waals surface area contributed by atoms with Crippen molar-refractivity contribution in [2.75, 3.05) is 13.2 Å². The van der Waals surface area contributed by atoms with Gasteiger partial charge in [-0.3, -0.25) is 4.79 Å². The molecule has 2 heterocycles. The molecule has 188 valence electrons. The lowest BCUT2D eigenvalue weighted by atomic mass is 9.80. The van der Waals surface area contributed by atoms with Crippen LogP contribution in [0.1, 0.15) is 23.2 Å². The lowest BCUT2D eigenvalue weighted by Crippen LogP contribution is -2.66. The second-order valence-electron chi connectivity index (χ2n) is 8.90. The zero-order chi connectivity index (χ0) is 24.6. The molecule has 2 aromatic rings. The molecule has 1 saturated heterocycles. The lowest BCUT2D eigenvalue weighted by Gasteiger charge is -2.46. The van der Waals surface area contributed by atoms with E-state index in [4.69, 9.17) is 9.47 Å². The van der Waals surface area contributed by atoms with Gasteiger partial charge in [0.2, 0.25) is 0 Å². The summed E-state index contributed by atoms with van der Waals surface area (Å²) in [4.78, 5) is 13.0. The van der Waals surface area contributed by atoms with Crippen molar-refractivity contribution in [3.8, 4) is 0 Å². The molecule has 4 rings (SSSR count). The van der Waals surface area contributed by atoms with Crippen LogP contribution < -0.4 is 5.32 Å². The first-order valence-corrected chi connectivity index (χ1v) is 11.8. The fourth-order valence-electron chi connectivity index (χ4n) is 4.45. The molecule has 1 amide bonds. The van der Waals surface area contributed by atoms with E-state index in [-0.39, 0.29) is 12.8 Å². The Bertz CT molecular complexity index is 1000. The van der Waals surface area contributed by atoms with Gasteiger partial charge in [-0.2, -0.15) is 0 Å². The van der Waals surface area contributed by atoms with Gasteiger partial charge in [-0.25, -0.2) is 0 Å². The van der Waals surface area contributed by atoms with Crippen LogP contribution in [0.2, 0.25) is 0 Å². The predicted molar refractivity (Wildman–Crippen MR) is 119 cm³/mol. The highest BCUT2D eigenvalue weighted by molar-refractivity contribution is 7.17. The number of ether oxygens (including phenoxy) is 2. The molecule has 2 aliphatic rings. The van der Waals surface area contributed by atoms with Crippen LogP contribution in [0.25, 0.3) is 10.1 Å². The van der Waals surface area contributed by atoms with Crippen molar-refractivity contribution >= 4 is 27.3 Å². The van der Waals surface area contributed by atoms with E-state index >= 15 is 0 Å². The molecule has 1 aromatic heterocycles. The van der Waals surface area contributed by atoms with Crippen molar-refractivity contribution in [3.63, 3.8) is 0 Å². The zero-order valence-electron chi connectivity index (χ0n) is 18.1. The number of aliphatic hydroxyl groups excluding tert-OH is 6. The van der Waals surface area contributed by atoms with Crippen LogP contribution in [-0.4, -0.2) is 109 Å². The van der Waals surface area contributed by atoms with Crippen LogP contribution in [0.15, 0.2) is 29.6 Å². The Morgan fingerprint density at radius 3 is 2.59 bits per heavy atom. The first kappa shape index (κ1) is 25.4. The number of nitrogens with one attached hydrogen (secondary N) is 1. The molecule has 1 aromatic carbocycles. The number of hydrogen-bond donors (Lipinski definition) is 8. The van der Waals surface area contributed by atoms with E-state index < -0.39 is 73.7 Å². The molecule has 1 aliphatic carbocycles. The molecule has 0 bridgehead atoms. The standard InChI is InChI=1S/C22H29NO10S/c24-8-14-18(28)19(29)16(23-20(30)11-2-1-10-3-4-34-15(10)5-11)21(33-14)32-13-7-22(31,9-25)6-12(26)17(13)27/h1-5,12-14,16-19,21,24-29,31H,6-9H2,(H,23,30)/t12-,13-,14-,16-,17-,18-,19-,21+,22+/m1/s1. The first-order valence-electron chi connectivity index (χ1n) is 10.9. The third-order valence-electron chi connectivity index (χ3n) is 6.45. The maximum Gasteiger partial charge on any atom is 0.251 e. The molecule has 9 atom stereocenters. The zero-order valence-corrected chi connectivity index (χ0v) is 18.9. The maximum atomic E-state index is 13.0. The predicted octanol–water partition coefficient (Wildman–Crippen LogP) is -1.94. The molecule has 12 heteroatoms. The monoisotopic (exact) mass is 499 g/mol. The molecular formula is C22H29NO10S. The molecule has 34 heavy (non-hydrogen) atoms. The number of thiophene rings is 1. The number of carbonyl (C=O) groups excluding carboxylic acids is 1. The third kappa shape index (κ3) is 4.97. The second kappa shape index (κ2) is 10.1. The van der Waals surface area contributed by atoms with Crippen molar-refractivity contribution in [3.05, 3.63) is 35.2 Å². The molecule has 0 unspecified atom stereocenters. The van der Waals surface area contributed by atoms with Crippen molar-refractivity contribution < 1.29 is 50.0 Å². The number of aliphatic hydroxyl groups is 7. The van der Waals surface area contributed by atoms with Gasteiger partial charge in [-0.05, 0) is 29.0 Å². The van der Waals surface area contributed by atoms with Gasteiger partial charge in [0.1, 0.15) is 30.5 Å². The normalized spacial score (nSPS) is 38.7. The minimum atomic E-state index is -1.72. The first-order chi connectivity index (χ1) is 16.2. The molecular weight excluding hydrogens is 470 g/mol. The van der Waals surface area contributed by atoms with Crippen molar-refractivity contribution in [1.82, 2.24) is 5.32 Å². The summed E-state index contributed by atoms with van der Waals surface area (Å²) in [5.74, 6) is -0.581. The van der Waals surface area contributed by atoms with E-state index in [0.717, 1.165) is 10.1 Å². The number of hydrogen-bond acceptors (Lipinski definition) is 11. The summed E-state index contributed by atoms with van der Waals surface area (Å²) in [6.07, 6.45) is -10.5. The Kier molecular flexibility index (Phi) is 7.55. The van der Waals surface area contributed by atoms with Gasteiger partial charge < -0.3 is 50.5 Å². The van der Waals surface area contributed by atoms with Gasteiger partial charge in [-0.1, -0.05) is 6.07 Å². The van der Waals surface area contributed by atoms with Crippen molar-refractivity contribution in [2.24, 2.45) is 0 Å². The summed E-state index contributed by atoms with van der Waals surface area (Å²) in [6, 6.07) is 5.64. The Morgan fingerprint density at radius 1 is 1.12 bits per heavy atom. The average Bonchev–Trinajstić information content (AvgIpc) is 3.29. The summed E-state index contributed by atoms with van der Waals surface area (Å²) in [5, 5.41) is 76.5.